The zero-order valence-corrected chi connectivity index (χ0v) is 30.3. The van der Waals surface area contributed by atoms with Crippen molar-refractivity contribution < 1.29 is 36.6 Å². The number of alkyl halides is 2. The lowest BCUT2D eigenvalue weighted by Gasteiger charge is -2.44. The third kappa shape index (κ3) is 11.3. The number of carbonyl (C=O) groups is 2. The minimum Gasteiger partial charge on any atom is -0.456 e. The number of alkyl carbamates (subject to hydrolysis) is 1. The van der Waals surface area contributed by atoms with Gasteiger partial charge in [0.25, 0.3) is 6.43 Å². The second-order valence-corrected chi connectivity index (χ2v) is 14.2. The number of ether oxygens (including phenoxy) is 2. The molecule has 3 atom stereocenters. The highest BCUT2D eigenvalue weighted by Crippen LogP contribution is 2.42. The fraction of sp³-hybridized carbons (Fsp3) is 0.514. The lowest BCUT2D eigenvalue weighted by Crippen LogP contribution is -2.47. The molecular formula is C37H49F4N5O4. The number of rotatable bonds is 14. The van der Waals surface area contributed by atoms with Crippen molar-refractivity contribution in [3.05, 3.63) is 83.3 Å². The van der Waals surface area contributed by atoms with E-state index in [0.29, 0.717) is 17.9 Å². The second-order valence-electron chi connectivity index (χ2n) is 14.2. The van der Waals surface area contributed by atoms with Crippen molar-refractivity contribution in [2.24, 2.45) is 5.41 Å². The van der Waals surface area contributed by atoms with E-state index in [1.54, 1.807) is 32.4 Å². The quantitative estimate of drug-likeness (QED) is 0.133. The van der Waals surface area contributed by atoms with Crippen molar-refractivity contribution in [1.82, 2.24) is 25.0 Å². The van der Waals surface area contributed by atoms with Gasteiger partial charge in [-0.1, -0.05) is 64.1 Å². The van der Waals surface area contributed by atoms with Gasteiger partial charge in [0.2, 0.25) is 0 Å². The Bertz CT molecular complexity index is 1620. The third-order valence-electron chi connectivity index (χ3n) is 7.61. The van der Waals surface area contributed by atoms with Gasteiger partial charge in [0.05, 0.1) is 29.9 Å². The first-order chi connectivity index (χ1) is 23.3. The lowest BCUT2D eigenvalue weighted by molar-refractivity contribution is -0.144. The van der Waals surface area contributed by atoms with E-state index in [2.05, 4.69) is 10.4 Å². The minimum absolute atomic E-state index is 0.0618. The van der Waals surface area contributed by atoms with E-state index in [9.17, 15) is 22.8 Å². The first kappa shape index (κ1) is 40.0. The summed E-state index contributed by atoms with van der Waals surface area (Å²) in [5, 5.41) is 6.97. The Labute approximate surface area is 292 Å². The number of nitrogens with one attached hydrogen (secondary N) is 1. The van der Waals surface area contributed by atoms with Crippen LogP contribution in [0.4, 0.5) is 22.4 Å². The molecule has 0 aliphatic rings. The molecule has 50 heavy (non-hydrogen) atoms. The van der Waals surface area contributed by atoms with E-state index in [4.69, 9.17) is 14.5 Å². The molecule has 3 aromatic rings. The zero-order valence-electron chi connectivity index (χ0n) is 30.3. The lowest BCUT2D eigenvalue weighted by atomic mass is 9.83. The average Bonchev–Trinajstić information content (AvgIpc) is 3.39. The second kappa shape index (κ2) is 17.0. The molecule has 0 aliphatic carbocycles. The third-order valence-corrected chi connectivity index (χ3v) is 7.61. The molecule has 0 unspecified atom stereocenters. The number of halogens is 4. The smallest absolute Gasteiger partial charge is 0.408 e. The predicted octanol–water partition coefficient (Wildman–Crippen LogP) is 8.45. The summed E-state index contributed by atoms with van der Waals surface area (Å²) in [7, 11) is 0. The maximum Gasteiger partial charge on any atom is 0.408 e. The molecule has 1 heterocycles. The van der Waals surface area contributed by atoms with Crippen LogP contribution in [-0.2, 0) is 20.8 Å². The van der Waals surface area contributed by atoms with Crippen LogP contribution in [0.3, 0.4) is 0 Å². The van der Waals surface area contributed by atoms with Gasteiger partial charge in [0.1, 0.15) is 23.3 Å². The highest BCUT2D eigenvalue weighted by Gasteiger charge is 2.40. The van der Waals surface area contributed by atoms with Gasteiger partial charge in [-0.3, -0.25) is 4.79 Å². The Kier molecular flexibility index (Phi) is 13.6. The summed E-state index contributed by atoms with van der Waals surface area (Å²) < 4.78 is 71.0. The molecule has 0 saturated heterocycles. The molecular weight excluding hydrogens is 654 g/mol. The molecule has 0 aliphatic heterocycles. The molecule has 0 bridgehead atoms. The summed E-state index contributed by atoms with van der Waals surface area (Å²) >= 11 is 0. The van der Waals surface area contributed by atoms with Crippen molar-refractivity contribution in [1.29, 1.82) is 0 Å². The van der Waals surface area contributed by atoms with Crippen molar-refractivity contribution in [2.45, 2.75) is 112 Å². The number of hydrogen-bond acceptors (Lipinski definition) is 7. The molecule has 0 fully saturated rings. The molecule has 0 radical (unpaired) electrons. The molecule has 1 aromatic heterocycles. The molecule has 0 saturated carbocycles. The number of aromatic nitrogens is 3. The molecule has 274 valence electrons. The van der Waals surface area contributed by atoms with Crippen LogP contribution in [0.15, 0.2) is 60.3 Å². The van der Waals surface area contributed by atoms with Gasteiger partial charge in [0, 0.05) is 13.5 Å². The number of amides is 1. The summed E-state index contributed by atoms with van der Waals surface area (Å²) in [6, 6.07) is 10.0. The minimum atomic E-state index is -2.94. The van der Waals surface area contributed by atoms with Crippen LogP contribution < -0.4 is 5.32 Å². The average molecular weight is 704 g/mol. The molecule has 1 amide bonds. The van der Waals surface area contributed by atoms with E-state index < -0.39 is 59.3 Å². The van der Waals surface area contributed by atoms with E-state index in [1.165, 1.54) is 6.92 Å². The number of esters is 1. The maximum absolute atomic E-state index is 15.1. The summed E-state index contributed by atoms with van der Waals surface area (Å²) in [5.74, 6) is -1.66. The van der Waals surface area contributed by atoms with Gasteiger partial charge >= 0.3 is 12.1 Å². The van der Waals surface area contributed by atoms with Crippen LogP contribution in [0.25, 0.3) is 11.4 Å². The van der Waals surface area contributed by atoms with Crippen LogP contribution in [0.1, 0.15) is 92.6 Å². The van der Waals surface area contributed by atoms with Crippen molar-refractivity contribution >= 4 is 12.1 Å². The summed E-state index contributed by atoms with van der Waals surface area (Å²) in [6.07, 6.45) is -2.63. The monoisotopic (exact) mass is 703 g/mol. The number of carbonyl (C=O) groups excluding carboxylic acids is 2. The first-order valence-corrected chi connectivity index (χ1v) is 16.7. The molecule has 9 nitrogen and oxygen atoms in total. The van der Waals surface area contributed by atoms with E-state index in [-0.39, 0.29) is 30.9 Å². The van der Waals surface area contributed by atoms with Crippen LogP contribution in [-0.4, -0.2) is 62.4 Å². The molecule has 0 spiro atoms. The van der Waals surface area contributed by atoms with Gasteiger partial charge < -0.3 is 19.7 Å². The van der Waals surface area contributed by atoms with E-state index in [1.807, 2.05) is 69.0 Å². The SMILES string of the molecule is CC/C=C(\[C@H](C)OC(C)=O)N(CC[C@H](NC(=O)OC(C)(C)C)C(F)F)[C@@H](c1nc(-c2cc(F)ccc2F)nn1Cc1ccccc1)C(C)(C)C. The van der Waals surface area contributed by atoms with E-state index in [0.717, 1.165) is 23.8 Å². The van der Waals surface area contributed by atoms with Crippen molar-refractivity contribution in [2.75, 3.05) is 6.54 Å². The Morgan fingerprint density at radius 3 is 2.26 bits per heavy atom. The maximum atomic E-state index is 15.1. The molecule has 1 N–H and O–H groups in total. The Morgan fingerprint density at radius 2 is 1.70 bits per heavy atom. The Hall–Kier alpha value is -4.42. The van der Waals surface area contributed by atoms with Crippen molar-refractivity contribution in [3.8, 4) is 11.4 Å². The van der Waals surface area contributed by atoms with Crippen molar-refractivity contribution in [3.63, 3.8) is 0 Å². The van der Waals surface area contributed by atoms with E-state index >= 15 is 4.39 Å². The largest absolute Gasteiger partial charge is 0.456 e. The number of hydrogen-bond donors (Lipinski definition) is 1. The first-order valence-electron chi connectivity index (χ1n) is 16.7. The number of benzene rings is 2. The van der Waals surface area contributed by atoms with Crippen LogP contribution in [0.5, 0.6) is 0 Å². The number of allylic oxidation sites excluding steroid dienone is 1. The molecule has 2 aromatic carbocycles. The predicted molar refractivity (Wildman–Crippen MR) is 183 cm³/mol. The molecule has 13 heteroatoms. The Balaban J connectivity index is 2.26. The summed E-state index contributed by atoms with van der Waals surface area (Å²) in [5.41, 5.74) is -0.393. The Morgan fingerprint density at radius 1 is 1.04 bits per heavy atom. The molecule has 3 rings (SSSR count). The number of nitrogens with zero attached hydrogens (tertiary/aromatic N) is 4. The van der Waals surface area contributed by atoms with Gasteiger partial charge in [-0.2, -0.15) is 5.10 Å². The van der Waals surface area contributed by atoms with Crippen LogP contribution >= 0.6 is 0 Å². The zero-order chi connectivity index (χ0) is 37.4. The standard InChI is InChI=1S/C37H49F4N5O4/c1-10-14-30(23(2)49-24(3)47)45(20-19-29(32(40)41)42-35(48)50-37(7,8)9)31(36(4,5)6)34-43-33(27-21-26(38)17-18-28(27)39)44-46(34)22-25-15-12-11-13-16-25/h11-18,21,23,29,31-32H,10,19-20,22H2,1-9H3,(H,42,48)/b30-14+/t23-,29-,31-/m0/s1. The van der Waals surface area contributed by atoms with Gasteiger partial charge in [-0.05, 0) is 69.7 Å². The van der Waals surface area contributed by atoms with Gasteiger partial charge in [0.15, 0.2) is 11.6 Å². The van der Waals surface area contributed by atoms with Gasteiger partial charge in [-0.15, -0.1) is 0 Å². The van der Waals surface area contributed by atoms with Crippen LogP contribution in [0.2, 0.25) is 0 Å². The summed E-state index contributed by atoms with van der Waals surface area (Å²) in [6.45, 7) is 15.7. The van der Waals surface area contributed by atoms with Crippen LogP contribution in [0, 0.1) is 17.0 Å². The topological polar surface area (TPSA) is 98.6 Å². The fourth-order valence-corrected chi connectivity index (χ4v) is 5.65. The van der Waals surface area contributed by atoms with Gasteiger partial charge in [-0.25, -0.2) is 32.0 Å². The summed E-state index contributed by atoms with van der Waals surface area (Å²) in [4.78, 5) is 31.4. The highest BCUT2D eigenvalue weighted by atomic mass is 19.3. The highest BCUT2D eigenvalue weighted by molar-refractivity contribution is 5.68. The fourth-order valence-electron chi connectivity index (χ4n) is 5.65. The normalized spacial score (nSPS) is 14.2.